The van der Waals surface area contributed by atoms with Crippen molar-refractivity contribution in [3.63, 3.8) is 0 Å². The van der Waals surface area contributed by atoms with Crippen molar-refractivity contribution in [1.29, 1.82) is 0 Å². The minimum atomic E-state index is -0.415. The fourth-order valence-corrected chi connectivity index (χ4v) is 15.9. The standard InChI is InChI=1S/C70H110N12O22Se2/c1-97-61(87)21-39-79(40-22-62(88)98-2)47-29-71-57(83)17-35-77(36-18-58(84)72-30-48-80(41-23-63(89)99-3)42-24-64(90)100-4)51-33-75-69(95)53-9-13-55(14-10-53)105-106-56-15-11-54(12-16-56)70(96)76-34-52-78(37-19-59(85)73-31-49-81(43-25-65(91)101-5)44-26-66(92)102-6)38-20-60(86)74-32-50-82(45-27-67(93)103-7)46-28-68(94)104-8/h9-16H,17-52H2,1-8H3,(H,71,83)(H,72,84)(H,73,85)(H,74,86)(H,75,95)(H,76,96). The molecule has 36 heteroatoms. The van der Waals surface area contributed by atoms with E-state index in [4.69, 9.17) is 37.9 Å². The van der Waals surface area contributed by atoms with Crippen LogP contribution in [0.2, 0.25) is 0 Å². The molecule has 34 nitrogen and oxygen atoms in total. The molecule has 0 heterocycles. The molecule has 0 aliphatic heterocycles. The second-order valence-electron chi connectivity index (χ2n) is 23.8. The summed E-state index contributed by atoms with van der Waals surface area (Å²) in [5, 5.41) is 17.4. The Morgan fingerprint density at radius 3 is 0.566 bits per heavy atom. The average Bonchev–Trinajstić information content (AvgIpc) is 0.874. The summed E-state index contributed by atoms with van der Waals surface area (Å²) in [6, 6.07) is 14.6. The van der Waals surface area contributed by atoms with Gasteiger partial charge >= 0.3 is 286 Å². The summed E-state index contributed by atoms with van der Waals surface area (Å²) in [4.78, 5) is 186. The van der Waals surface area contributed by atoms with Crippen LogP contribution in [-0.4, -0.2) is 353 Å². The Morgan fingerprint density at radius 1 is 0.236 bits per heavy atom. The van der Waals surface area contributed by atoms with Crippen LogP contribution in [0.15, 0.2) is 48.5 Å². The molecule has 0 radical (unpaired) electrons. The number of nitrogens with zero attached hydrogens (tertiary/aromatic N) is 6. The number of hydrogen-bond acceptors (Lipinski definition) is 28. The number of esters is 8. The maximum absolute atomic E-state index is 13.5. The molecule has 0 saturated heterocycles. The van der Waals surface area contributed by atoms with Gasteiger partial charge in [-0.3, -0.25) is 57.5 Å². The number of carbonyl (C=O) groups excluding carboxylic acids is 14. The van der Waals surface area contributed by atoms with Gasteiger partial charge in [0.2, 0.25) is 0 Å². The van der Waals surface area contributed by atoms with Crippen molar-refractivity contribution < 1.29 is 105 Å². The number of nitrogens with one attached hydrogen (secondary N) is 6. The Bertz CT molecular complexity index is 2620. The predicted octanol–water partition coefficient (Wildman–Crippen LogP) is -3.24. The van der Waals surface area contributed by atoms with E-state index in [0.29, 0.717) is 103 Å². The van der Waals surface area contributed by atoms with Gasteiger partial charge in [0.15, 0.2) is 0 Å². The van der Waals surface area contributed by atoms with Gasteiger partial charge in [-0.1, -0.05) is 0 Å². The zero-order valence-corrected chi connectivity index (χ0v) is 66.0. The third kappa shape index (κ3) is 46.0. The van der Waals surface area contributed by atoms with E-state index < -0.39 is 47.8 Å². The predicted molar refractivity (Wildman–Crippen MR) is 391 cm³/mol. The number of rotatable bonds is 59. The van der Waals surface area contributed by atoms with E-state index in [-0.39, 0.29) is 204 Å². The van der Waals surface area contributed by atoms with Crippen LogP contribution in [-0.2, 0) is 95.4 Å². The second kappa shape index (κ2) is 58.0. The molecular weight excluding hydrogens is 1520 g/mol. The zero-order chi connectivity index (χ0) is 78.3. The third-order valence-corrected chi connectivity index (χ3v) is 23.6. The summed E-state index contributed by atoms with van der Waals surface area (Å²) in [7, 11) is 10.3. The van der Waals surface area contributed by atoms with Crippen molar-refractivity contribution >= 4 is 118 Å². The van der Waals surface area contributed by atoms with Crippen molar-refractivity contribution in [3.05, 3.63) is 59.7 Å². The molecule has 0 bridgehead atoms. The second-order valence-corrected chi connectivity index (χ2v) is 30.1. The number of carbonyl (C=O) groups is 14. The molecule has 2 aromatic carbocycles. The molecule has 2 rings (SSSR count). The Morgan fingerprint density at radius 2 is 0.396 bits per heavy atom. The van der Waals surface area contributed by atoms with E-state index in [1.807, 2.05) is 53.7 Å². The fraction of sp³-hybridized carbons (Fsp3) is 0.629. The number of methoxy groups -OCH3 is 8. The van der Waals surface area contributed by atoms with E-state index in [0.717, 1.165) is 8.92 Å². The van der Waals surface area contributed by atoms with Gasteiger partial charge in [0.05, 0.1) is 108 Å². The van der Waals surface area contributed by atoms with Crippen LogP contribution in [0, 0.1) is 0 Å². The summed E-state index contributed by atoms with van der Waals surface area (Å²) in [5.74, 6) is -5.05. The van der Waals surface area contributed by atoms with Gasteiger partial charge in [-0.2, -0.15) is 0 Å². The zero-order valence-electron chi connectivity index (χ0n) is 62.6. The molecule has 0 unspecified atom stereocenters. The van der Waals surface area contributed by atoms with Gasteiger partial charge in [-0.05, 0) is 0 Å². The van der Waals surface area contributed by atoms with Gasteiger partial charge in [-0.25, -0.2) is 0 Å². The monoisotopic (exact) mass is 1630 g/mol. The van der Waals surface area contributed by atoms with Crippen LogP contribution < -0.4 is 40.8 Å². The van der Waals surface area contributed by atoms with E-state index in [2.05, 4.69) is 31.9 Å². The molecule has 2 aromatic rings. The summed E-state index contributed by atoms with van der Waals surface area (Å²) in [6.45, 7) is 6.63. The van der Waals surface area contributed by atoms with Crippen LogP contribution in [0.3, 0.4) is 0 Å². The number of benzene rings is 2. The molecule has 6 amide bonds. The van der Waals surface area contributed by atoms with Crippen molar-refractivity contribution in [3.8, 4) is 0 Å². The topological polar surface area (TPSA) is 404 Å². The first-order valence-electron chi connectivity index (χ1n) is 35.0. The molecule has 0 fully saturated rings. The molecule has 0 saturated carbocycles. The van der Waals surface area contributed by atoms with E-state index in [1.54, 1.807) is 24.3 Å². The molecule has 594 valence electrons. The SMILES string of the molecule is COC(=O)CCN(CCNC(=O)CCN(CCNC(=O)c1ccc([Se][Se]c2ccc(C(=O)NCCN(CCC(=O)NCCN(CCC(=O)OC)CCC(=O)OC)CCC(=O)NCCN(CCC(=O)OC)CCC(=O)OC)cc2)cc1)CCC(=O)NCCN(CCC(=O)OC)CCC(=O)OC)CCC(=O)OC. The Hall–Kier alpha value is -8.18. The normalized spacial score (nSPS) is 11.0. The van der Waals surface area contributed by atoms with Crippen molar-refractivity contribution in [1.82, 2.24) is 61.3 Å². The Kier molecular flexibility index (Phi) is 51.4. The summed E-state index contributed by atoms with van der Waals surface area (Å²) in [6.07, 6.45) is 0.960. The third-order valence-electron chi connectivity index (χ3n) is 16.4. The van der Waals surface area contributed by atoms with Crippen LogP contribution in [0.1, 0.15) is 97.8 Å². The molecule has 0 spiro atoms. The summed E-state index contributed by atoms with van der Waals surface area (Å²) >= 11 is 0.0288. The Labute approximate surface area is 632 Å². The van der Waals surface area contributed by atoms with Gasteiger partial charge in [-0.15, -0.1) is 0 Å². The van der Waals surface area contributed by atoms with Crippen LogP contribution in [0.5, 0.6) is 0 Å². The van der Waals surface area contributed by atoms with Gasteiger partial charge in [0.1, 0.15) is 0 Å². The maximum atomic E-state index is 13.5. The number of hydrogen-bond donors (Lipinski definition) is 6. The molecule has 0 atom stereocenters. The molecule has 0 aromatic heterocycles. The smallest absolute Gasteiger partial charge is 0.469 e. The molecule has 0 aliphatic rings. The quantitative estimate of drug-likeness (QED) is 0.0215. The minimum absolute atomic E-state index is 0.0144. The summed E-state index contributed by atoms with van der Waals surface area (Å²) < 4.78 is 40.2. The van der Waals surface area contributed by atoms with Crippen molar-refractivity contribution in [2.24, 2.45) is 0 Å². The number of ether oxygens (including phenoxy) is 8. The average molecular weight is 1630 g/mol. The van der Waals surface area contributed by atoms with Crippen LogP contribution >= 0.6 is 0 Å². The minimum Gasteiger partial charge on any atom is -0.469 e. The Balaban J connectivity index is 2.08. The van der Waals surface area contributed by atoms with Crippen molar-refractivity contribution in [2.45, 2.75) is 77.0 Å². The van der Waals surface area contributed by atoms with Gasteiger partial charge < -0.3 is 78.8 Å². The van der Waals surface area contributed by atoms with E-state index >= 15 is 0 Å². The van der Waals surface area contributed by atoms with Crippen molar-refractivity contribution in [2.75, 3.05) is 214 Å². The molecular formula is C70H110N12O22Se2. The van der Waals surface area contributed by atoms with E-state index in [9.17, 15) is 67.1 Å². The summed E-state index contributed by atoms with van der Waals surface area (Å²) in [5.41, 5.74) is 0.870. The first kappa shape index (κ1) is 93.9. The van der Waals surface area contributed by atoms with E-state index in [1.165, 1.54) is 56.9 Å². The van der Waals surface area contributed by atoms with Crippen LogP contribution in [0.4, 0.5) is 0 Å². The fourth-order valence-electron chi connectivity index (χ4n) is 9.91. The molecule has 0 aliphatic carbocycles. The first-order valence-corrected chi connectivity index (χ1v) is 41.1. The molecule has 6 N–H and O–H groups in total. The van der Waals surface area contributed by atoms with Crippen LogP contribution in [0.25, 0.3) is 0 Å². The number of amides is 6. The first-order chi connectivity index (χ1) is 51.0. The molecule has 106 heavy (non-hydrogen) atoms. The van der Waals surface area contributed by atoms with Gasteiger partial charge in [0.25, 0.3) is 0 Å². The van der Waals surface area contributed by atoms with Gasteiger partial charge in [0, 0.05) is 105 Å².